The van der Waals surface area contributed by atoms with E-state index >= 15 is 0 Å². The Hall–Kier alpha value is -1.92. The molecule has 0 amide bonds. The number of hydrogen-bond acceptors (Lipinski definition) is 4. The second-order valence-electron chi connectivity index (χ2n) is 7.77. The molecule has 1 saturated carbocycles. The number of rotatable bonds is 7. The van der Waals surface area contributed by atoms with E-state index in [2.05, 4.69) is 75.5 Å². The van der Waals surface area contributed by atoms with Gasteiger partial charge in [-0.05, 0) is 61.3 Å². The van der Waals surface area contributed by atoms with Crippen molar-refractivity contribution in [1.29, 1.82) is 0 Å². The first kappa shape index (κ1) is 19.4. The summed E-state index contributed by atoms with van der Waals surface area (Å²) in [7, 11) is 2.27. The van der Waals surface area contributed by atoms with E-state index in [1.54, 1.807) is 0 Å². The summed E-state index contributed by atoms with van der Waals surface area (Å²) in [5.74, 6) is 0.984. The van der Waals surface area contributed by atoms with Crippen LogP contribution in [-0.2, 0) is 0 Å². The van der Waals surface area contributed by atoms with Gasteiger partial charge in [0.1, 0.15) is 5.82 Å². The van der Waals surface area contributed by atoms with Crippen molar-refractivity contribution in [3.05, 3.63) is 46.6 Å². The van der Waals surface area contributed by atoms with Gasteiger partial charge in [-0.15, -0.1) is 0 Å². The van der Waals surface area contributed by atoms with Crippen molar-refractivity contribution < 1.29 is 0 Å². The molecule has 1 aliphatic rings. The van der Waals surface area contributed by atoms with Gasteiger partial charge in [-0.1, -0.05) is 37.1 Å². The van der Waals surface area contributed by atoms with Gasteiger partial charge in [-0.2, -0.15) is 9.61 Å². The molecule has 0 bridgehead atoms. The second kappa shape index (κ2) is 8.62. The Morgan fingerprint density at radius 2 is 2.04 bits per heavy atom. The van der Waals surface area contributed by atoms with E-state index in [-0.39, 0.29) is 0 Å². The van der Waals surface area contributed by atoms with Crippen LogP contribution in [0.1, 0.15) is 37.7 Å². The van der Waals surface area contributed by atoms with E-state index in [0.29, 0.717) is 0 Å². The Morgan fingerprint density at radius 3 is 2.82 bits per heavy atom. The number of nitrogens with zero attached hydrogens (tertiary/aromatic N) is 4. The maximum absolute atomic E-state index is 4.84. The molecule has 5 nitrogen and oxygen atoms in total. The number of fused-ring (bicyclic) bond motifs is 1. The first-order valence-electron chi connectivity index (χ1n) is 10.2. The summed E-state index contributed by atoms with van der Waals surface area (Å²) >= 11 is 3.58. The van der Waals surface area contributed by atoms with E-state index in [0.717, 1.165) is 52.7 Å². The fourth-order valence-corrected chi connectivity index (χ4v) is 4.48. The molecule has 148 valence electrons. The first-order valence-corrected chi connectivity index (χ1v) is 11.0. The van der Waals surface area contributed by atoms with E-state index < -0.39 is 0 Å². The van der Waals surface area contributed by atoms with Crippen LogP contribution in [0.25, 0.3) is 16.9 Å². The van der Waals surface area contributed by atoms with Gasteiger partial charge in [-0.25, -0.2) is 4.98 Å². The zero-order valence-electron chi connectivity index (χ0n) is 16.7. The molecule has 0 radical (unpaired) electrons. The zero-order valence-corrected chi connectivity index (χ0v) is 18.2. The van der Waals surface area contributed by atoms with Crippen molar-refractivity contribution in [3.63, 3.8) is 0 Å². The van der Waals surface area contributed by atoms with Crippen molar-refractivity contribution in [1.82, 2.24) is 19.5 Å². The number of hydrogen-bond donors (Lipinski definition) is 1. The minimum Gasteiger partial charge on any atom is -0.370 e. The summed E-state index contributed by atoms with van der Waals surface area (Å²) in [6, 6.07) is 11.3. The van der Waals surface area contributed by atoms with Crippen molar-refractivity contribution >= 4 is 27.4 Å². The summed E-state index contributed by atoms with van der Waals surface area (Å²) in [5, 5.41) is 8.08. The van der Waals surface area contributed by atoms with Gasteiger partial charge >= 0.3 is 0 Å². The fraction of sp³-hybridized carbons (Fsp3) is 0.455. The molecule has 0 aliphatic heterocycles. The standard InChI is InChI=1S/C22H28BrN5/c1-16-8-3-6-11-18(16)20-14-21(28-22(26-20)19(23)15-25-28)24-12-7-13-27(2)17-9-4-5-10-17/h3,6,8,11,14-15,17,24H,4-5,7,9-10,12-13H2,1-2H3. The van der Waals surface area contributed by atoms with E-state index in [1.165, 1.54) is 31.2 Å². The molecule has 1 aliphatic carbocycles. The van der Waals surface area contributed by atoms with Gasteiger partial charge in [0.2, 0.25) is 0 Å². The van der Waals surface area contributed by atoms with E-state index in [4.69, 9.17) is 4.98 Å². The van der Waals surface area contributed by atoms with Crippen LogP contribution in [0.2, 0.25) is 0 Å². The van der Waals surface area contributed by atoms with Gasteiger partial charge in [0.15, 0.2) is 5.65 Å². The lowest BCUT2D eigenvalue weighted by molar-refractivity contribution is 0.245. The van der Waals surface area contributed by atoms with Crippen LogP contribution in [0, 0.1) is 6.92 Å². The number of benzene rings is 1. The number of aryl methyl sites for hydroxylation is 1. The minimum atomic E-state index is 0.780. The maximum Gasteiger partial charge on any atom is 0.172 e. The number of anilines is 1. The van der Waals surface area contributed by atoms with Crippen molar-refractivity contribution in [3.8, 4) is 11.3 Å². The molecular weight excluding hydrogens is 414 g/mol. The predicted octanol–water partition coefficient (Wildman–Crippen LogP) is 5.14. The van der Waals surface area contributed by atoms with Crippen LogP contribution in [0.15, 0.2) is 41.0 Å². The van der Waals surface area contributed by atoms with Crippen LogP contribution >= 0.6 is 15.9 Å². The topological polar surface area (TPSA) is 45.5 Å². The first-order chi connectivity index (χ1) is 13.6. The largest absolute Gasteiger partial charge is 0.370 e. The Balaban J connectivity index is 1.50. The van der Waals surface area contributed by atoms with Crippen LogP contribution in [-0.4, -0.2) is 45.7 Å². The molecule has 0 saturated heterocycles. The van der Waals surface area contributed by atoms with Crippen molar-refractivity contribution in [2.24, 2.45) is 0 Å². The Bertz CT molecular complexity index is 945. The van der Waals surface area contributed by atoms with Crippen LogP contribution < -0.4 is 5.32 Å². The molecule has 28 heavy (non-hydrogen) atoms. The molecule has 0 spiro atoms. The molecule has 1 aromatic carbocycles. The zero-order chi connectivity index (χ0) is 19.5. The molecular formula is C22H28BrN5. The molecule has 6 heteroatoms. The summed E-state index contributed by atoms with van der Waals surface area (Å²) in [5.41, 5.74) is 4.19. The lowest BCUT2D eigenvalue weighted by Gasteiger charge is -2.24. The highest BCUT2D eigenvalue weighted by Crippen LogP contribution is 2.28. The molecule has 0 unspecified atom stereocenters. The highest BCUT2D eigenvalue weighted by Gasteiger charge is 2.19. The maximum atomic E-state index is 4.84. The smallest absolute Gasteiger partial charge is 0.172 e. The Labute approximate surface area is 175 Å². The van der Waals surface area contributed by atoms with Gasteiger partial charge in [-0.3, -0.25) is 0 Å². The highest BCUT2D eigenvalue weighted by atomic mass is 79.9. The van der Waals surface area contributed by atoms with Crippen LogP contribution in [0.5, 0.6) is 0 Å². The van der Waals surface area contributed by atoms with Gasteiger partial charge in [0.25, 0.3) is 0 Å². The van der Waals surface area contributed by atoms with Crippen LogP contribution in [0.3, 0.4) is 0 Å². The average molecular weight is 442 g/mol. The van der Waals surface area contributed by atoms with E-state index in [1.807, 2.05) is 10.7 Å². The minimum absolute atomic E-state index is 0.780. The molecule has 2 heterocycles. The van der Waals surface area contributed by atoms with Gasteiger partial charge in [0, 0.05) is 24.2 Å². The Kier molecular flexibility index (Phi) is 5.97. The quantitative estimate of drug-likeness (QED) is 0.515. The van der Waals surface area contributed by atoms with E-state index in [9.17, 15) is 0 Å². The summed E-state index contributed by atoms with van der Waals surface area (Å²) in [6.07, 6.45) is 8.41. The third-order valence-electron chi connectivity index (χ3n) is 5.79. The average Bonchev–Trinajstić information content (AvgIpc) is 3.36. The summed E-state index contributed by atoms with van der Waals surface area (Å²) < 4.78 is 2.79. The molecule has 3 aromatic rings. The van der Waals surface area contributed by atoms with Gasteiger partial charge in [0.05, 0.1) is 16.4 Å². The number of aromatic nitrogens is 3. The van der Waals surface area contributed by atoms with Gasteiger partial charge < -0.3 is 10.2 Å². The lowest BCUT2D eigenvalue weighted by atomic mass is 10.1. The normalized spacial score (nSPS) is 15.0. The second-order valence-corrected chi connectivity index (χ2v) is 8.62. The number of nitrogens with one attached hydrogen (secondary N) is 1. The summed E-state index contributed by atoms with van der Waals surface area (Å²) in [6.45, 7) is 4.17. The number of halogens is 1. The molecule has 1 N–H and O–H groups in total. The molecule has 1 fully saturated rings. The van der Waals surface area contributed by atoms with Crippen molar-refractivity contribution in [2.75, 3.05) is 25.5 Å². The summed E-state index contributed by atoms with van der Waals surface area (Å²) in [4.78, 5) is 7.37. The SMILES string of the molecule is Cc1ccccc1-c1cc(NCCCN(C)C2CCCC2)n2ncc(Br)c2n1. The third-order valence-corrected chi connectivity index (χ3v) is 6.35. The monoisotopic (exact) mass is 441 g/mol. The molecule has 0 atom stereocenters. The lowest BCUT2D eigenvalue weighted by Crippen LogP contribution is -2.31. The Morgan fingerprint density at radius 1 is 1.25 bits per heavy atom. The van der Waals surface area contributed by atoms with Crippen molar-refractivity contribution in [2.45, 2.75) is 45.1 Å². The highest BCUT2D eigenvalue weighted by molar-refractivity contribution is 9.10. The fourth-order valence-electron chi connectivity index (χ4n) is 4.13. The predicted molar refractivity (Wildman–Crippen MR) is 119 cm³/mol. The molecule has 4 rings (SSSR count). The third kappa shape index (κ3) is 4.08. The van der Waals surface area contributed by atoms with Crippen LogP contribution in [0.4, 0.5) is 5.82 Å². The molecule has 2 aromatic heterocycles.